The van der Waals surface area contributed by atoms with E-state index < -0.39 is 0 Å². The number of piperidine rings is 1. The number of likely N-dealkylation sites (tertiary alicyclic amines) is 1. The van der Waals surface area contributed by atoms with Crippen molar-refractivity contribution in [1.82, 2.24) is 15.2 Å². The lowest BCUT2D eigenvalue weighted by Gasteiger charge is -2.37. The van der Waals surface area contributed by atoms with Crippen molar-refractivity contribution in [2.45, 2.75) is 51.2 Å². The zero-order chi connectivity index (χ0) is 15.9. The van der Waals surface area contributed by atoms with Gasteiger partial charge in [-0.05, 0) is 43.9 Å². The largest absolute Gasteiger partial charge is 0.468 e. The maximum absolute atomic E-state index is 11.7. The van der Waals surface area contributed by atoms with Crippen molar-refractivity contribution in [3.63, 3.8) is 0 Å². The maximum atomic E-state index is 11.7. The Morgan fingerprint density at radius 2 is 2.05 bits per heavy atom. The molecule has 0 amide bonds. The second-order valence-electron chi connectivity index (χ2n) is 5.92. The van der Waals surface area contributed by atoms with E-state index >= 15 is 0 Å². The van der Waals surface area contributed by atoms with E-state index in [2.05, 4.69) is 34.3 Å². The molecule has 0 spiro atoms. The third-order valence-corrected chi connectivity index (χ3v) is 4.60. The topological polar surface area (TPSA) is 54.5 Å². The van der Waals surface area contributed by atoms with Crippen molar-refractivity contribution < 1.29 is 9.53 Å². The van der Waals surface area contributed by atoms with Crippen molar-refractivity contribution in [2.75, 3.05) is 20.2 Å². The Morgan fingerprint density at radius 1 is 1.41 bits per heavy atom. The van der Waals surface area contributed by atoms with Gasteiger partial charge in [0.1, 0.15) is 6.04 Å². The molecule has 1 saturated heterocycles. The number of hydrogen-bond donors (Lipinski definition) is 1. The van der Waals surface area contributed by atoms with Crippen LogP contribution in [0.2, 0.25) is 0 Å². The van der Waals surface area contributed by atoms with Gasteiger partial charge in [0.15, 0.2) is 0 Å². The molecule has 2 rings (SSSR count). The number of rotatable bonds is 6. The lowest BCUT2D eigenvalue weighted by Crippen LogP contribution is -2.49. The van der Waals surface area contributed by atoms with Crippen LogP contribution in [0.3, 0.4) is 0 Å². The van der Waals surface area contributed by atoms with Crippen molar-refractivity contribution in [3.05, 3.63) is 30.1 Å². The number of nitrogens with one attached hydrogen (secondary N) is 1. The normalized spacial score (nSPS) is 19.6. The molecule has 1 N–H and O–H groups in total. The number of esters is 1. The van der Waals surface area contributed by atoms with Crippen LogP contribution in [0.25, 0.3) is 0 Å². The predicted octanol–water partition coefficient (Wildman–Crippen LogP) is 2.15. The van der Waals surface area contributed by atoms with Gasteiger partial charge in [-0.25, -0.2) is 0 Å². The van der Waals surface area contributed by atoms with Crippen LogP contribution < -0.4 is 5.32 Å². The van der Waals surface area contributed by atoms with E-state index in [0.29, 0.717) is 12.1 Å². The van der Waals surface area contributed by atoms with Crippen LogP contribution in [-0.4, -0.2) is 48.1 Å². The van der Waals surface area contributed by atoms with Crippen LogP contribution in [-0.2, 0) is 9.53 Å². The summed E-state index contributed by atoms with van der Waals surface area (Å²) in [6.45, 7) is 6.33. The van der Waals surface area contributed by atoms with Gasteiger partial charge in [0, 0.05) is 37.6 Å². The summed E-state index contributed by atoms with van der Waals surface area (Å²) in [5.74, 6) is -0.157. The Morgan fingerprint density at radius 3 is 2.59 bits per heavy atom. The van der Waals surface area contributed by atoms with Crippen molar-refractivity contribution in [2.24, 2.45) is 0 Å². The second kappa shape index (κ2) is 8.25. The summed E-state index contributed by atoms with van der Waals surface area (Å²) < 4.78 is 4.84. The van der Waals surface area contributed by atoms with Crippen LogP contribution in [0, 0.1) is 0 Å². The van der Waals surface area contributed by atoms with Gasteiger partial charge >= 0.3 is 5.97 Å². The molecule has 2 atom stereocenters. The van der Waals surface area contributed by atoms with Crippen LogP contribution in [0.1, 0.15) is 44.7 Å². The van der Waals surface area contributed by atoms with Crippen molar-refractivity contribution in [1.29, 1.82) is 0 Å². The molecule has 5 heteroatoms. The summed E-state index contributed by atoms with van der Waals surface area (Å²) in [6.07, 6.45) is 6.58. The molecule has 2 unspecified atom stereocenters. The highest BCUT2D eigenvalue weighted by Gasteiger charge is 2.26. The van der Waals surface area contributed by atoms with Gasteiger partial charge in [-0.3, -0.25) is 14.7 Å². The van der Waals surface area contributed by atoms with Crippen LogP contribution in [0.4, 0.5) is 0 Å². The Balaban J connectivity index is 1.84. The number of carbonyl (C=O) groups is 1. The number of hydrogen-bond acceptors (Lipinski definition) is 5. The number of carbonyl (C=O) groups excluding carboxylic acids is 1. The van der Waals surface area contributed by atoms with E-state index in [0.717, 1.165) is 32.4 Å². The lowest BCUT2D eigenvalue weighted by atomic mass is 9.99. The van der Waals surface area contributed by atoms with Gasteiger partial charge in [0.2, 0.25) is 0 Å². The lowest BCUT2D eigenvalue weighted by molar-refractivity contribution is -0.143. The monoisotopic (exact) mass is 305 g/mol. The minimum Gasteiger partial charge on any atom is -0.468 e. The molecule has 0 aliphatic carbocycles. The molecule has 1 aromatic rings. The number of nitrogens with zero attached hydrogens (tertiary/aromatic N) is 2. The standard InChI is InChI=1S/C17H27N3O2/c1-4-16(17(21)22-3)19-15-7-11-20(12-8-15)13(2)14-5-9-18-10-6-14/h5-6,9-10,13,15-16,19H,4,7-8,11-12H2,1-3H3. The summed E-state index contributed by atoms with van der Waals surface area (Å²) in [5.41, 5.74) is 1.31. The molecule has 5 nitrogen and oxygen atoms in total. The highest BCUT2D eigenvalue weighted by molar-refractivity contribution is 5.75. The minimum absolute atomic E-state index is 0.157. The first kappa shape index (κ1) is 16.9. The first-order valence-corrected chi connectivity index (χ1v) is 8.13. The molecule has 1 aliphatic rings. The first-order chi connectivity index (χ1) is 10.7. The molecule has 0 radical (unpaired) electrons. The quantitative estimate of drug-likeness (QED) is 0.816. The first-order valence-electron chi connectivity index (χ1n) is 8.13. The Kier molecular flexibility index (Phi) is 6.34. The van der Waals surface area contributed by atoms with E-state index in [4.69, 9.17) is 4.74 Å². The van der Waals surface area contributed by atoms with Gasteiger partial charge in [-0.1, -0.05) is 6.92 Å². The zero-order valence-electron chi connectivity index (χ0n) is 13.8. The smallest absolute Gasteiger partial charge is 0.322 e. The summed E-state index contributed by atoms with van der Waals surface area (Å²) in [7, 11) is 1.45. The number of ether oxygens (including phenoxy) is 1. The van der Waals surface area contributed by atoms with Gasteiger partial charge in [-0.2, -0.15) is 0 Å². The average molecular weight is 305 g/mol. The minimum atomic E-state index is -0.181. The van der Waals surface area contributed by atoms with Crippen molar-refractivity contribution >= 4 is 5.97 Å². The molecule has 1 fully saturated rings. The van der Waals surface area contributed by atoms with Crippen molar-refractivity contribution in [3.8, 4) is 0 Å². The van der Waals surface area contributed by atoms with Crippen LogP contribution in [0.5, 0.6) is 0 Å². The third-order valence-electron chi connectivity index (χ3n) is 4.60. The maximum Gasteiger partial charge on any atom is 0.322 e. The van der Waals surface area contributed by atoms with Crippen LogP contribution >= 0.6 is 0 Å². The summed E-state index contributed by atoms with van der Waals surface area (Å²) in [5, 5.41) is 3.44. The highest BCUT2D eigenvalue weighted by Crippen LogP contribution is 2.24. The molecule has 2 heterocycles. The molecule has 22 heavy (non-hydrogen) atoms. The fourth-order valence-corrected chi connectivity index (χ4v) is 3.09. The second-order valence-corrected chi connectivity index (χ2v) is 5.92. The van der Waals surface area contributed by atoms with E-state index in [1.54, 1.807) is 0 Å². The molecule has 0 bridgehead atoms. The SMILES string of the molecule is CCC(NC1CCN(C(C)c2ccncc2)CC1)C(=O)OC. The Hall–Kier alpha value is -1.46. The summed E-state index contributed by atoms with van der Waals surface area (Å²) in [4.78, 5) is 18.2. The summed E-state index contributed by atoms with van der Waals surface area (Å²) >= 11 is 0. The molecule has 1 aromatic heterocycles. The average Bonchev–Trinajstić information content (AvgIpc) is 2.59. The Labute approximate surface area is 133 Å². The van der Waals surface area contributed by atoms with Gasteiger partial charge in [-0.15, -0.1) is 0 Å². The molecule has 1 aliphatic heterocycles. The number of aromatic nitrogens is 1. The van der Waals surface area contributed by atoms with E-state index in [9.17, 15) is 4.79 Å². The highest BCUT2D eigenvalue weighted by atomic mass is 16.5. The fourth-order valence-electron chi connectivity index (χ4n) is 3.09. The molecule has 0 saturated carbocycles. The van der Waals surface area contributed by atoms with Gasteiger partial charge in [0.25, 0.3) is 0 Å². The van der Waals surface area contributed by atoms with E-state index in [1.807, 2.05) is 19.3 Å². The van der Waals surface area contributed by atoms with E-state index in [-0.39, 0.29) is 12.0 Å². The molecular weight excluding hydrogens is 278 g/mol. The van der Waals surface area contributed by atoms with Gasteiger partial charge in [0.05, 0.1) is 7.11 Å². The fraction of sp³-hybridized carbons (Fsp3) is 0.647. The molecular formula is C17H27N3O2. The Bertz CT molecular complexity index is 458. The van der Waals surface area contributed by atoms with Gasteiger partial charge < -0.3 is 10.1 Å². The number of pyridine rings is 1. The molecule has 0 aromatic carbocycles. The molecule has 122 valence electrons. The third kappa shape index (κ3) is 4.27. The van der Waals surface area contributed by atoms with E-state index in [1.165, 1.54) is 12.7 Å². The predicted molar refractivity (Wildman–Crippen MR) is 86.5 cm³/mol. The zero-order valence-corrected chi connectivity index (χ0v) is 13.8. The van der Waals surface area contributed by atoms with Crippen LogP contribution in [0.15, 0.2) is 24.5 Å². The summed E-state index contributed by atoms with van der Waals surface area (Å²) in [6, 6.07) is 4.79. The number of methoxy groups -OCH3 is 1.